The lowest BCUT2D eigenvalue weighted by atomic mass is 10.1. The molecule has 1 aliphatic rings. The van der Waals surface area contributed by atoms with Crippen LogP contribution in [-0.2, 0) is 11.8 Å². The molecule has 3 aromatic rings. The largest absolute Gasteiger partial charge is 0.397 e. The maximum Gasteiger partial charge on any atom is 0.276 e. The van der Waals surface area contributed by atoms with Crippen molar-refractivity contribution < 1.29 is 9.53 Å². The number of morpholine rings is 1. The third-order valence-corrected chi connectivity index (χ3v) is 4.56. The van der Waals surface area contributed by atoms with Crippen LogP contribution in [0, 0.1) is 0 Å². The van der Waals surface area contributed by atoms with Gasteiger partial charge in [0.25, 0.3) is 5.91 Å². The number of aromatic nitrogens is 4. The molecule has 0 radical (unpaired) electrons. The third kappa shape index (κ3) is 3.79. The van der Waals surface area contributed by atoms with Crippen LogP contribution < -0.4 is 16.0 Å². The van der Waals surface area contributed by atoms with Crippen LogP contribution in [0.15, 0.2) is 42.7 Å². The lowest BCUT2D eigenvalue weighted by Crippen LogP contribution is -2.37. The zero-order chi connectivity index (χ0) is 19.5. The second-order valence-corrected chi connectivity index (χ2v) is 6.54. The highest BCUT2D eigenvalue weighted by molar-refractivity contribution is 6.04. The minimum Gasteiger partial charge on any atom is -0.397 e. The van der Waals surface area contributed by atoms with E-state index >= 15 is 0 Å². The predicted octanol–water partition coefficient (Wildman–Crippen LogP) is 1.55. The average molecular weight is 379 g/mol. The summed E-state index contributed by atoms with van der Waals surface area (Å²) in [4.78, 5) is 14.7. The molecule has 1 fully saturated rings. The molecule has 0 unspecified atom stereocenters. The maximum atomic E-state index is 12.6. The first-order valence-corrected chi connectivity index (χ1v) is 8.96. The monoisotopic (exact) mass is 379 g/mol. The van der Waals surface area contributed by atoms with Gasteiger partial charge >= 0.3 is 0 Å². The van der Waals surface area contributed by atoms with Crippen molar-refractivity contribution in [2.75, 3.05) is 42.3 Å². The molecule has 1 aliphatic heterocycles. The number of benzene rings is 1. The van der Waals surface area contributed by atoms with E-state index in [0.717, 1.165) is 30.0 Å². The molecule has 3 heterocycles. The number of nitrogens with zero attached hydrogens (tertiary/aromatic N) is 5. The molecule has 0 spiro atoms. The second kappa shape index (κ2) is 7.65. The van der Waals surface area contributed by atoms with Gasteiger partial charge in [-0.1, -0.05) is 6.07 Å². The van der Waals surface area contributed by atoms with Crippen LogP contribution in [0.2, 0.25) is 0 Å². The lowest BCUT2D eigenvalue weighted by molar-refractivity contribution is 0.102. The predicted molar refractivity (Wildman–Crippen MR) is 106 cm³/mol. The van der Waals surface area contributed by atoms with Gasteiger partial charge in [0, 0.05) is 31.9 Å². The second-order valence-electron chi connectivity index (χ2n) is 6.54. The normalized spacial score (nSPS) is 14.1. The van der Waals surface area contributed by atoms with E-state index in [1.54, 1.807) is 29.1 Å². The maximum absolute atomic E-state index is 12.6. The molecule has 2 aromatic heterocycles. The molecule has 1 aromatic carbocycles. The van der Waals surface area contributed by atoms with E-state index in [2.05, 4.69) is 25.5 Å². The molecule has 0 bridgehead atoms. The van der Waals surface area contributed by atoms with Gasteiger partial charge in [0.2, 0.25) is 0 Å². The fraction of sp³-hybridized carbons (Fsp3) is 0.263. The minimum atomic E-state index is -0.365. The Bertz CT molecular complexity index is 978. The first-order chi connectivity index (χ1) is 13.6. The number of rotatable bonds is 4. The van der Waals surface area contributed by atoms with Crippen molar-refractivity contribution in [3.8, 4) is 11.1 Å². The number of anilines is 3. The number of ether oxygens (including phenoxy) is 1. The molecule has 3 N–H and O–H groups in total. The molecule has 28 heavy (non-hydrogen) atoms. The number of nitrogen functional groups attached to an aromatic ring is 1. The summed E-state index contributed by atoms with van der Waals surface area (Å²) in [5.74, 6) is 0.369. The molecule has 0 saturated carbocycles. The summed E-state index contributed by atoms with van der Waals surface area (Å²) < 4.78 is 7.05. The van der Waals surface area contributed by atoms with Crippen LogP contribution >= 0.6 is 0 Å². The zero-order valence-corrected chi connectivity index (χ0v) is 15.5. The van der Waals surface area contributed by atoms with Crippen LogP contribution in [0.5, 0.6) is 0 Å². The summed E-state index contributed by atoms with van der Waals surface area (Å²) in [5.41, 5.74) is 9.09. The fourth-order valence-electron chi connectivity index (χ4n) is 3.01. The summed E-state index contributed by atoms with van der Waals surface area (Å²) in [5, 5.41) is 15.2. The number of carbonyl (C=O) groups is 1. The molecule has 144 valence electrons. The number of hydrogen-bond donors (Lipinski definition) is 2. The van der Waals surface area contributed by atoms with Gasteiger partial charge in [0.1, 0.15) is 0 Å². The Balaban J connectivity index is 1.50. The number of nitrogens with two attached hydrogens (primary N) is 1. The van der Waals surface area contributed by atoms with Gasteiger partial charge in [-0.25, -0.2) is 0 Å². The van der Waals surface area contributed by atoms with E-state index in [-0.39, 0.29) is 11.6 Å². The summed E-state index contributed by atoms with van der Waals surface area (Å²) in [7, 11) is 1.85. The number of amides is 1. The highest BCUT2D eigenvalue weighted by Crippen LogP contribution is 2.27. The van der Waals surface area contributed by atoms with E-state index in [4.69, 9.17) is 10.5 Å². The van der Waals surface area contributed by atoms with Gasteiger partial charge in [-0.3, -0.25) is 9.48 Å². The lowest BCUT2D eigenvalue weighted by Gasteiger charge is -2.27. The van der Waals surface area contributed by atoms with Crippen molar-refractivity contribution >= 4 is 23.1 Å². The summed E-state index contributed by atoms with van der Waals surface area (Å²) in [6.45, 7) is 2.85. The number of aryl methyl sites for hydroxylation is 1. The van der Waals surface area contributed by atoms with Gasteiger partial charge in [-0.15, -0.1) is 10.2 Å². The Labute approximate surface area is 162 Å². The molecule has 1 amide bonds. The van der Waals surface area contributed by atoms with Crippen molar-refractivity contribution in [1.29, 1.82) is 0 Å². The van der Waals surface area contributed by atoms with E-state index in [9.17, 15) is 4.79 Å². The highest BCUT2D eigenvalue weighted by Gasteiger charge is 2.15. The highest BCUT2D eigenvalue weighted by atomic mass is 16.5. The molecular formula is C19H21N7O2. The Morgan fingerprint density at radius 1 is 1.14 bits per heavy atom. The molecular weight excluding hydrogens is 358 g/mol. The molecule has 4 rings (SSSR count). The summed E-state index contributed by atoms with van der Waals surface area (Å²) >= 11 is 0. The van der Waals surface area contributed by atoms with Crippen molar-refractivity contribution in [3.05, 3.63) is 48.4 Å². The molecule has 9 nitrogen and oxygen atoms in total. The number of carbonyl (C=O) groups excluding carboxylic acids is 1. The molecule has 0 aliphatic carbocycles. The number of nitrogens with one attached hydrogen (secondary N) is 1. The van der Waals surface area contributed by atoms with Gasteiger partial charge in [-0.05, 0) is 29.8 Å². The quantitative estimate of drug-likeness (QED) is 0.662. The molecule has 9 heteroatoms. The zero-order valence-electron chi connectivity index (χ0n) is 15.5. The Kier molecular flexibility index (Phi) is 4.90. The summed E-state index contributed by atoms with van der Waals surface area (Å²) in [6, 6.07) is 8.92. The van der Waals surface area contributed by atoms with Gasteiger partial charge in [0.05, 0.1) is 30.8 Å². The third-order valence-electron chi connectivity index (χ3n) is 4.56. The SMILES string of the molecule is Cn1cc(-c2ccc(N)c(NC(=O)c3ccc(N4CCOCC4)nn3)c2)cn1. The van der Waals surface area contributed by atoms with Crippen LogP contribution in [0.3, 0.4) is 0 Å². The standard InChI is InChI=1S/C19H21N7O2/c1-25-12-14(11-21-25)13-2-3-15(20)17(10-13)22-19(27)16-4-5-18(24-23-16)26-6-8-28-9-7-26/h2-5,10-12H,6-9,20H2,1H3,(H,22,27). The molecule has 1 saturated heterocycles. The van der Waals surface area contributed by atoms with Crippen LogP contribution in [0.4, 0.5) is 17.2 Å². The van der Waals surface area contributed by atoms with E-state index in [1.807, 2.05) is 25.4 Å². The van der Waals surface area contributed by atoms with Crippen molar-refractivity contribution in [3.63, 3.8) is 0 Å². The summed E-state index contributed by atoms with van der Waals surface area (Å²) in [6.07, 6.45) is 3.65. The Morgan fingerprint density at radius 3 is 2.64 bits per heavy atom. The van der Waals surface area contributed by atoms with Gasteiger partial charge in [-0.2, -0.15) is 5.10 Å². The Morgan fingerprint density at radius 2 is 1.96 bits per heavy atom. The van der Waals surface area contributed by atoms with Crippen LogP contribution in [0.1, 0.15) is 10.5 Å². The topological polar surface area (TPSA) is 111 Å². The number of hydrogen-bond acceptors (Lipinski definition) is 7. The molecule has 0 atom stereocenters. The first-order valence-electron chi connectivity index (χ1n) is 8.96. The van der Waals surface area contributed by atoms with Crippen molar-refractivity contribution in [2.45, 2.75) is 0 Å². The van der Waals surface area contributed by atoms with E-state index < -0.39 is 0 Å². The van der Waals surface area contributed by atoms with E-state index in [1.165, 1.54) is 0 Å². The smallest absolute Gasteiger partial charge is 0.276 e. The van der Waals surface area contributed by atoms with E-state index in [0.29, 0.717) is 24.6 Å². The van der Waals surface area contributed by atoms with Crippen LogP contribution in [0.25, 0.3) is 11.1 Å². The Hall–Kier alpha value is -3.46. The minimum absolute atomic E-state index is 0.225. The van der Waals surface area contributed by atoms with Crippen molar-refractivity contribution in [1.82, 2.24) is 20.0 Å². The van der Waals surface area contributed by atoms with Gasteiger partial charge in [0.15, 0.2) is 11.5 Å². The fourth-order valence-corrected chi connectivity index (χ4v) is 3.01. The average Bonchev–Trinajstić information content (AvgIpc) is 3.17. The van der Waals surface area contributed by atoms with Crippen molar-refractivity contribution in [2.24, 2.45) is 7.05 Å². The van der Waals surface area contributed by atoms with Gasteiger partial charge < -0.3 is 20.7 Å². The first kappa shape index (κ1) is 17.9. The van der Waals surface area contributed by atoms with Crippen LogP contribution in [-0.4, -0.2) is 52.2 Å².